The van der Waals surface area contributed by atoms with E-state index in [2.05, 4.69) is 20.1 Å². The lowest BCUT2D eigenvalue weighted by molar-refractivity contribution is 0.0667. The van der Waals surface area contributed by atoms with Gasteiger partial charge in [-0.15, -0.1) is 0 Å². The highest BCUT2D eigenvalue weighted by Crippen LogP contribution is 2.24. The second-order valence-electron chi connectivity index (χ2n) is 7.25. The number of nitrogens with zero attached hydrogens (tertiary/aromatic N) is 5. The lowest BCUT2D eigenvalue weighted by atomic mass is 9.92. The second-order valence-corrected chi connectivity index (χ2v) is 7.25. The SMILES string of the molecule is Cc1ccncc1C(=O)N1CCCC(CCc2noc(-c3cccnc3)n2)C1. The summed E-state index contributed by atoms with van der Waals surface area (Å²) in [4.78, 5) is 27.4. The van der Waals surface area contributed by atoms with Crippen molar-refractivity contribution in [3.05, 3.63) is 59.9 Å². The smallest absolute Gasteiger partial charge is 0.259 e. The number of hydrogen-bond donors (Lipinski definition) is 0. The van der Waals surface area contributed by atoms with E-state index in [0.717, 1.165) is 49.9 Å². The van der Waals surface area contributed by atoms with Crippen molar-refractivity contribution in [1.82, 2.24) is 25.0 Å². The first kappa shape index (κ1) is 18.3. The molecule has 0 radical (unpaired) electrons. The predicted octanol–water partition coefficient (Wildman–Crippen LogP) is 3.32. The largest absolute Gasteiger partial charge is 0.338 e. The number of pyridine rings is 2. The van der Waals surface area contributed by atoms with Crippen molar-refractivity contribution >= 4 is 5.91 Å². The molecule has 1 saturated heterocycles. The summed E-state index contributed by atoms with van der Waals surface area (Å²) in [7, 11) is 0. The maximum atomic E-state index is 12.8. The van der Waals surface area contributed by atoms with Crippen LogP contribution in [0.25, 0.3) is 11.5 Å². The monoisotopic (exact) mass is 377 g/mol. The Morgan fingerprint density at radius 1 is 1.25 bits per heavy atom. The van der Waals surface area contributed by atoms with Crippen LogP contribution in [0.5, 0.6) is 0 Å². The first-order valence-corrected chi connectivity index (χ1v) is 9.63. The van der Waals surface area contributed by atoms with E-state index >= 15 is 0 Å². The minimum absolute atomic E-state index is 0.0775. The lowest BCUT2D eigenvalue weighted by Gasteiger charge is -2.33. The zero-order valence-corrected chi connectivity index (χ0v) is 15.9. The molecule has 1 unspecified atom stereocenters. The van der Waals surface area contributed by atoms with Crippen LogP contribution in [0.15, 0.2) is 47.5 Å². The molecule has 1 fully saturated rings. The number of aromatic nitrogens is 4. The van der Waals surface area contributed by atoms with E-state index in [4.69, 9.17) is 4.52 Å². The molecule has 3 aromatic rings. The van der Waals surface area contributed by atoms with Gasteiger partial charge in [0.25, 0.3) is 11.8 Å². The molecule has 0 aliphatic carbocycles. The summed E-state index contributed by atoms with van der Waals surface area (Å²) < 4.78 is 5.35. The van der Waals surface area contributed by atoms with Gasteiger partial charge in [0.2, 0.25) is 0 Å². The zero-order chi connectivity index (χ0) is 19.3. The van der Waals surface area contributed by atoms with Gasteiger partial charge in [-0.05, 0) is 55.9 Å². The molecule has 7 nitrogen and oxygen atoms in total. The molecule has 0 aromatic carbocycles. The van der Waals surface area contributed by atoms with Crippen LogP contribution in [0.2, 0.25) is 0 Å². The first-order valence-electron chi connectivity index (χ1n) is 9.63. The number of hydrogen-bond acceptors (Lipinski definition) is 6. The molecule has 0 spiro atoms. The standard InChI is InChI=1S/C21H23N5O2/c1-15-8-10-23-13-18(15)21(27)26-11-3-4-16(14-26)6-7-19-24-20(28-25-19)17-5-2-9-22-12-17/h2,5,8-10,12-13,16H,3-4,6-7,11,14H2,1H3. The molecule has 4 rings (SSSR count). The van der Waals surface area contributed by atoms with E-state index in [1.54, 1.807) is 24.8 Å². The number of rotatable bonds is 5. The molecule has 4 heterocycles. The fraction of sp³-hybridized carbons (Fsp3) is 0.381. The normalized spacial score (nSPS) is 16.9. The van der Waals surface area contributed by atoms with Crippen LogP contribution in [0.4, 0.5) is 0 Å². The Morgan fingerprint density at radius 2 is 2.14 bits per heavy atom. The van der Waals surface area contributed by atoms with E-state index in [-0.39, 0.29) is 5.91 Å². The fourth-order valence-corrected chi connectivity index (χ4v) is 3.64. The Bertz CT molecular complexity index is 941. The summed E-state index contributed by atoms with van der Waals surface area (Å²) in [5.74, 6) is 1.71. The summed E-state index contributed by atoms with van der Waals surface area (Å²) in [6, 6.07) is 5.62. The van der Waals surface area contributed by atoms with E-state index in [1.807, 2.05) is 30.0 Å². The highest BCUT2D eigenvalue weighted by molar-refractivity contribution is 5.95. The van der Waals surface area contributed by atoms with Crippen LogP contribution < -0.4 is 0 Å². The number of piperidine rings is 1. The molecular weight excluding hydrogens is 354 g/mol. The van der Waals surface area contributed by atoms with Crippen LogP contribution >= 0.6 is 0 Å². The third kappa shape index (κ3) is 4.08. The van der Waals surface area contributed by atoms with Gasteiger partial charge in [-0.1, -0.05) is 5.16 Å². The van der Waals surface area contributed by atoms with Gasteiger partial charge in [-0.25, -0.2) is 0 Å². The van der Waals surface area contributed by atoms with Crippen LogP contribution in [0, 0.1) is 12.8 Å². The summed E-state index contributed by atoms with van der Waals surface area (Å²) in [6.45, 7) is 3.52. The van der Waals surface area contributed by atoms with Crippen molar-refractivity contribution in [2.24, 2.45) is 5.92 Å². The molecule has 144 valence electrons. The van der Waals surface area contributed by atoms with Crippen LogP contribution in [-0.2, 0) is 6.42 Å². The summed E-state index contributed by atoms with van der Waals surface area (Å²) >= 11 is 0. The second kappa shape index (κ2) is 8.29. The molecule has 1 aliphatic heterocycles. The molecular formula is C21H23N5O2. The van der Waals surface area contributed by atoms with Crippen molar-refractivity contribution in [3.8, 4) is 11.5 Å². The van der Waals surface area contributed by atoms with Crippen LogP contribution in [-0.4, -0.2) is 44.0 Å². The van der Waals surface area contributed by atoms with Gasteiger partial charge in [0, 0.05) is 44.3 Å². The first-order chi connectivity index (χ1) is 13.7. The molecule has 0 N–H and O–H groups in total. The topological polar surface area (TPSA) is 85.0 Å². The Balaban J connectivity index is 1.35. The van der Waals surface area contributed by atoms with Gasteiger partial charge in [0.15, 0.2) is 5.82 Å². The third-order valence-corrected chi connectivity index (χ3v) is 5.23. The molecule has 28 heavy (non-hydrogen) atoms. The highest BCUT2D eigenvalue weighted by atomic mass is 16.5. The van der Waals surface area contributed by atoms with Gasteiger partial charge in [-0.3, -0.25) is 14.8 Å². The van der Waals surface area contributed by atoms with Crippen molar-refractivity contribution < 1.29 is 9.32 Å². The van der Waals surface area contributed by atoms with Crippen LogP contribution in [0.3, 0.4) is 0 Å². The molecule has 0 saturated carbocycles. The van der Waals surface area contributed by atoms with Crippen molar-refractivity contribution in [1.29, 1.82) is 0 Å². The Kier molecular flexibility index (Phi) is 5.41. The third-order valence-electron chi connectivity index (χ3n) is 5.23. The average Bonchev–Trinajstić information content (AvgIpc) is 3.22. The van der Waals surface area contributed by atoms with Gasteiger partial charge >= 0.3 is 0 Å². The highest BCUT2D eigenvalue weighted by Gasteiger charge is 2.25. The fourth-order valence-electron chi connectivity index (χ4n) is 3.64. The van der Waals surface area contributed by atoms with Crippen LogP contribution in [0.1, 0.15) is 41.0 Å². The number of amides is 1. The van der Waals surface area contributed by atoms with Gasteiger partial charge in [0.1, 0.15) is 0 Å². The van der Waals surface area contributed by atoms with E-state index < -0.39 is 0 Å². The number of carbonyl (C=O) groups is 1. The molecule has 0 bridgehead atoms. The minimum Gasteiger partial charge on any atom is -0.338 e. The quantitative estimate of drug-likeness (QED) is 0.678. The lowest BCUT2D eigenvalue weighted by Crippen LogP contribution is -2.40. The van der Waals surface area contributed by atoms with Gasteiger partial charge < -0.3 is 9.42 Å². The van der Waals surface area contributed by atoms with Crippen molar-refractivity contribution in [2.75, 3.05) is 13.1 Å². The molecule has 1 aliphatic rings. The number of aryl methyl sites for hydroxylation is 2. The number of likely N-dealkylation sites (tertiary alicyclic amines) is 1. The predicted molar refractivity (Wildman–Crippen MR) is 103 cm³/mol. The molecule has 3 aromatic heterocycles. The summed E-state index contributed by atoms with van der Waals surface area (Å²) in [5.41, 5.74) is 2.49. The zero-order valence-electron chi connectivity index (χ0n) is 15.9. The minimum atomic E-state index is 0.0775. The average molecular weight is 377 g/mol. The maximum absolute atomic E-state index is 12.8. The Hall–Kier alpha value is -3.09. The van der Waals surface area contributed by atoms with Crippen molar-refractivity contribution in [3.63, 3.8) is 0 Å². The summed E-state index contributed by atoms with van der Waals surface area (Å²) in [6.07, 6.45) is 10.6. The van der Waals surface area contributed by atoms with E-state index in [9.17, 15) is 4.79 Å². The van der Waals surface area contributed by atoms with E-state index in [1.165, 1.54) is 0 Å². The Morgan fingerprint density at radius 3 is 2.96 bits per heavy atom. The number of carbonyl (C=O) groups excluding carboxylic acids is 1. The van der Waals surface area contributed by atoms with Gasteiger partial charge in [0.05, 0.1) is 11.1 Å². The molecule has 1 amide bonds. The van der Waals surface area contributed by atoms with Crippen molar-refractivity contribution in [2.45, 2.75) is 32.6 Å². The molecule has 7 heteroatoms. The molecule has 1 atom stereocenters. The van der Waals surface area contributed by atoms with Gasteiger partial charge in [-0.2, -0.15) is 4.98 Å². The van der Waals surface area contributed by atoms with E-state index in [0.29, 0.717) is 23.2 Å². The summed E-state index contributed by atoms with van der Waals surface area (Å²) in [5, 5.41) is 4.09. The maximum Gasteiger partial charge on any atom is 0.259 e. The Labute approximate surface area is 163 Å².